The van der Waals surface area contributed by atoms with E-state index in [2.05, 4.69) is 4.74 Å². The number of carbonyl (C=O) groups excluding carboxylic acids is 2. The molecule has 0 aliphatic carbocycles. The van der Waals surface area contributed by atoms with E-state index in [1.807, 2.05) is 0 Å². The summed E-state index contributed by atoms with van der Waals surface area (Å²) >= 11 is -1.81. The summed E-state index contributed by atoms with van der Waals surface area (Å²) in [5.74, 6) is -2.07. The van der Waals surface area contributed by atoms with Gasteiger partial charge < -0.3 is 28.6 Å². The smallest absolute Gasteiger partial charge is 0.356 e. The molecule has 1 atom stereocenters. The zero-order chi connectivity index (χ0) is 19.4. The zero-order valence-electron chi connectivity index (χ0n) is 14.7. The van der Waals surface area contributed by atoms with E-state index in [4.69, 9.17) is 14.2 Å². The van der Waals surface area contributed by atoms with Crippen LogP contribution in [0, 0.1) is 0 Å². The van der Waals surface area contributed by atoms with E-state index >= 15 is 0 Å². The Morgan fingerprint density at radius 1 is 1.12 bits per heavy atom. The number of rotatable bonds is 6. The van der Waals surface area contributed by atoms with Crippen LogP contribution in [0.3, 0.4) is 0 Å². The van der Waals surface area contributed by atoms with Gasteiger partial charge in [0.2, 0.25) is 17.3 Å². The molecule has 1 unspecified atom stereocenters. The molecule has 140 valence electrons. The van der Waals surface area contributed by atoms with Crippen molar-refractivity contribution in [2.24, 2.45) is 0 Å². The Bertz CT molecular complexity index is 849. The van der Waals surface area contributed by atoms with Crippen LogP contribution in [0.15, 0.2) is 23.1 Å². The average molecular weight is 382 g/mol. The summed E-state index contributed by atoms with van der Waals surface area (Å²) in [4.78, 5) is 23.1. The van der Waals surface area contributed by atoms with E-state index in [1.165, 1.54) is 34.3 Å². The molecule has 0 aliphatic heterocycles. The normalized spacial score (nSPS) is 11.7. The number of carbonyl (C=O) groups is 2. The molecule has 0 aromatic heterocycles. The summed E-state index contributed by atoms with van der Waals surface area (Å²) in [6, 6.07) is 4.61. The Labute approximate surface area is 152 Å². The Balaban J connectivity index is 2.82. The van der Waals surface area contributed by atoms with Gasteiger partial charge >= 0.3 is 11.9 Å². The van der Waals surface area contributed by atoms with E-state index in [9.17, 15) is 19.2 Å². The lowest BCUT2D eigenvalue weighted by atomic mass is 10.1. The van der Waals surface area contributed by atoms with Crippen LogP contribution in [0.2, 0.25) is 0 Å². The fraction of sp³-hybridized carbons (Fsp3) is 0.294. The number of benzene rings is 2. The highest BCUT2D eigenvalue weighted by Gasteiger charge is 2.29. The van der Waals surface area contributed by atoms with Gasteiger partial charge in [0, 0.05) is 12.3 Å². The highest BCUT2D eigenvalue weighted by Crippen LogP contribution is 2.52. The van der Waals surface area contributed by atoms with Crippen LogP contribution in [-0.4, -0.2) is 48.7 Å². The van der Waals surface area contributed by atoms with E-state index in [0.29, 0.717) is 0 Å². The van der Waals surface area contributed by atoms with Crippen molar-refractivity contribution in [3.05, 3.63) is 18.2 Å². The number of phenolic OH excluding ortho intramolecular Hbond substituents is 1. The average Bonchev–Trinajstić information content (AvgIpc) is 2.62. The van der Waals surface area contributed by atoms with Crippen LogP contribution in [-0.2, 0) is 25.5 Å². The standard InChI is InChI=1S/C17H18O8S/c1-9(18)25-15-10-6-5-7-11(26(21)8-12(19)22-2)13(10)14(20)16(23-3)17(15)24-4/h5-7,20H,8H2,1-4H3. The third kappa shape index (κ3) is 3.63. The van der Waals surface area contributed by atoms with Gasteiger partial charge in [-0.1, -0.05) is 6.07 Å². The van der Waals surface area contributed by atoms with Gasteiger partial charge in [0.1, 0.15) is 0 Å². The molecule has 26 heavy (non-hydrogen) atoms. The van der Waals surface area contributed by atoms with Gasteiger partial charge in [-0.05, 0) is 23.3 Å². The van der Waals surface area contributed by atoms with Crippen molar-refractivity contribution < 1.29 is 38.2 Å². The number of ether oxygens (including phenoxy) is 4. The van der Waals surface area contributed by atoms with Crippen molar-refractivity contribution in [2.75, 3.05) is 27.1 Å². The summed E-state index contributed by atoms with van der Waals surface area (Å²) in [5, 5.41) is 11.1. The molecule has 9 heteroatoms. The predicted molar refractivity (Wildman–Crippen MR) is 93.3 cm³/mol. The molecule has 0 spiro atoms. The number of hydrogen-bond donors (Lipinski definition) is 1. The van der Waals surface area contributed by atoms with Crippen LogP contribution in [0.1, 0.15) is 6.92 Å². The molecule has 0 radical (unpaired) electrons. The summed E-state index contributed by atoms with van der Waals surface area (Å²) in [7, 11) is 3.82. The SMILES string of the molecule is COC(=O)C[S+]([O-])c1cccc2c(OC(C)=O)c(OC)c(OC)c(O)c12. The molecule has 0 saturated heterocycles. The molecule has 1 N–H and O–H groups in total. The van der Waals surface area contributed by atoms with Gasteiger partial charge in [0.05, 0.1) is 26.7 Å². The first-order chi connectivity index (χ1) is 12.3. The number of aromatic hydroxyl groups is 1. The van der Waals surface area contributed by atoms with Crippen molar-refractivity contribution in [1.82, 2.24) is 0 Å². The zero-order valence-corrected chi connectivity index (χ0v) is 15.5. The van der Waals surface area contributed by atoms with Crippen LogP contribution < -0.4 is 14.2 Å². The van der Waals surface area contributed by atoms with Gasteiger partial charge in [0.15, 0.2) is 16.4 Å². The predicted octanol–water partition coefficient (Wildman–Crippen LogP) is 1.77. The fourth-order valence-corrected chi connectivity index (χ4v) is 3.62. The summed E-state index contributed by atoms with van der Waals surface area (Å²) in [5.41, 5.74) is 0. The van der Waals surface area contributed by atoms with Gasteiger partial charge in [-0.3, -0.25) is 4.79 Å². The minimum absolute atomic E-state index is 0.0153. The molecule has 2 aromatic carbocycles. The maximum absolute atomic E-state index is 12.6. The Morgan fingerprint density at radius 3 is 2.31 bits per heavy atom. The van der Waals surface area contributed by atoms with Crippen molar-refractivity contribution in [3.8, 4) is 23.0 Å². The second kappa shape index (κ2) is 8.15. The first-order valence-electron chi connectivity index (χ1n) is 7.38. The molecule has 8 nitrogen and oxygen atoms in total. The molecule has 0 bridgehead atoms. The van der Waals surface area contributed by atoms with Crippen molar-refractivity contribution >= 4 is 33.9 Å². The summed E-state index contributed by atoms with van der Waals surface area (Å²) < 4.78 is 32.8. The van der Waals surface area contributed by atoms with E-state index in [1.54, 1.807) is 12.1 Å². The lowest BCUT2D eigenvalue weighted by Crippen LogP contribution is -2.17. The number of esters is 2. The lowest BCUT2D eigenvalue weighted by Gasteiger charge is -2.19. The van der Waals surface area contributed by atoms with Gasteiger partial charge in [-0.25, -0.2) is 4.79 Å². The van der Waals surface area contributed by atoms with Crippen LogP contribution in [0.25, 0.3) is 10.8 Å². The van der Waals surface area contributed by atoms with Crippen LogP contribution >= 0.6 is 0 Å². The van der Waals surface area contributed by atoms with E-state index < -0.39 is 28.9 Å². The maximum Gasteiger partial charge on any atom is 0.356 e. The second-order valence-electron chi connectivity index (χ2n) is 5.08. The molecule has 0 aliphatic rings. The minimum Gasteiger partial charge on any atom is -0.611 e. The van der Waals surface area contributed by atoms with Crippen molar-refractivity contribution in [2.45, 2.75) is 11.8 Å². The molecule has 0 heterocycles. The summed E-state index contributed by atoms with van der Waals surface area (Å²) in [6.45, 7) is 1.21. The first-order valence-corrected chi connectivity index (χ1v) is 8.70. The third-order valence-corrected chi connectivity index (χ3v) is 4.84. The molecule has 2 aromatic rings. The lowest BCUT2D eigenvalue weighted by molar-refractivity contribution is -0.137. The minimum atomic E-state index is -1.81. The summed E-state index contributed by atoms with van der Waals surface area (Å²) in [6.07, 6.45) is 0. The number of fused-ring (bicyclic) bond motifs is 1. The van der Waals surface area contributed by atoms with Crippen LogP contribution in [0.5, 0.6) is 23.0 Å². The molecule has 0 saturated carbocycles. The highest BCUT2D eigenvalue weighted by molar-refractivity contribution is 7.92. The van der Waals surface area contributed by atoms with Crippen molar-refractivity contribution in [1.29, 1.82) is 0 Å². The number of hydrogen-bond acceptors (Lipinski definition) is 8. The van der Waals surface area contributed by atoms with Crippen LogP contribution in [0.4, 0.5) is 0 Å². The molecule has 2 rings (SSSR count). The number of phenols is 1. The molecule has 0 amide bonds. The molecular weight excluding hydrogens is 364 g/mol. The Morgan fingerprint density at radius 2 is 1.77 bits per heavy atom. The van der Waals surface area contributed by atoms with Gasteiger partial charge in [-0.2, -0.15) is 0 Å². The highest BCUT2D eigenvalue weighted by atomic mass is 32.2. The second-order valence-corrected chi connectivity index (χ2v) is 6.50. The Hall–Kier alpha value is -2.65. The van der Waals surface area contributed by atoms with E-state index in [-0.39, 0.29) is 38.7 Å². The quantitative estimate of drug-likeness (QED) is 0.457. The molecular formula is C17H18O8S. The first kappa shape index (κ1) is 19.7. The fourth-order valence-electron chi connectivity index (χ4n) is 2.46. The topological polar surface area (TPSA) is 114 Å². The largest absolute Gasteiger partial charge is 0.611 e. The van der Waals surface area contributed by atoms with Gasteiger partial charge in [0.25, 0.3) is 0 Å². The third-order valence-electron chi connectivity index (χ3n) is 3.51. The Kier molecular flexibility index (Phi) is 6.17. The van der Waals surface area contributed by atoms with E-state index in [0.717, 1.165) is 0 Å². The van der Waals surface area contributed by atoms with Crippen molar-refractivity contribution in [3.63, 3.8) is 0 Å². The molecule has 0 fully saturated rings. The maximum atomic E-state index is 12.6. The number of methoxy groups -OCH3 is 3. The van der Waals surface area contributed by atoms with Gasteiger partial charge in [-0.15, -0.1) is 0 Å². The monoisotopic (exact) mass is 382 g/mol.